The van der Waals surface area contributed by atoms with Gasteiger partial charge in [-0.3, -0.25) is 0 Å². The predicted molar refractivity (Wildman–Crippen MR) is 222 cm³/mol. The van der Waals surface area contributed by atoms with E-state index in [1.165, 1.54) is 0 Å². The number of aromatic nitrogens is 6. The summed E-state index contributed by atoms with van der Waals surface area (Å²) < 4.78 is 0. The maximum Gasteiger partial charge on any atom is 0.164 e. The molecule has 260 valence electrons. The topological polar surface area (TPSA) is 77.3 Å². The molecule has 55 heavy (non-hydrogen) atoms. The van der Waals surface area contributed by atoms with E-state index in [-0.39, 0.29) is 0 Å². The van der Waals surface area contributed by atoms with Crippen LogP contribution in [-0.2, 0) is 0 Å². The second kappa shape index (κ2) is 15.5. The van der Waals surface area contributed by atoms with Gasteiger partial charge in [0.25, 0.3) is 0 Å². The van der Waals surface area contributed by atoms with E-state index in [2.05, 4.69) is 72.8 Å². The molecular formula is C48H32N6S. The third-order valence-corrected chi connectivity index (χ3v) is 10.0. The highest BCUT2D eigenvalue weighted by molar-refractivity contribution is 7.99. The van der Waals surface area contributed by atoms with E-state index in [0.29, 0.717) is 34.9 Å². The van der Waals surface area contributed by atoms with Crippen LogP contribution in [0, 0.1) is 0 Å². The molecule has 0 amide bonds. The van der Waals surface area contributed by atoms with Crippen molar-refractivity contribution in [1.82, 2.24) is 29.9 Å². The summed E-state index contributed by atoms with van der Waals surface area (Å²) in [5, 5.41) is 0. The van der Waals surface area contributed by atoms with Gasteiger partial charge >= 0.3 is 0 Å². The van der Waals surface area contributed by atoms with Gasteiger partial charge in [0.15, 0.2) is 34.9 Å². The number of hydrogen-bond donors (Lipinski definition) is 0. The van der Waals surface area contributed by atoms with E-state index >= 15 is 0 Å². The van der Waals surface area contributed by atoms with Crippen LogP contribution in [0.2, 0.25) is 0 Å². The highest BCUT2D eigenvalue weighted by Gasteiger charge is 2.15. The summed E-state index contributed by atoms with van der Waals surface area (Å²) in [5.41, 5.74) is 7.82. The van der Waals surface area contributed by atoms with Crippen LogP contribution < -0.4 is 0 Å². The van der Waals surface area contributed by atoms with Gasteiger partial charge in [-0.25, -0.2) is 29.9 Å². The Morgan fingerprint density at radius 1 is 0.218 bits per heavy atom. The molecule has 0 fully saturated rings. The Hall–Kier alpha value is -7.09. The van der Waals surface area contributed by atoms with Crippen molar-refractivity contribution < 1.29 is 0 Å². The standard InChI is InChI=1S/C48H32N6S/c1-5-15-33(16-6-1)38-23-13-24-39(31-38)47-51-45(36-21-11-4-12-22-36)50-46(54-47)37-27-29-41(30-28-37)55-42-26-14-25-40(32-42)48-52-43(34-17-7-2-8-18-34)49-44(53-48)35-19-9-3-10-20-35/h1-32H. The summed E-state index contributed by atoms with van der Waals surface area (Å²) in [4.78, 5) is 31.7. The van der Waals surface area contributed by atoms with E-state index in [1.807, 2.05) is 121 Å². The van der Waals surface area contributed by atoms with E-state index in [1.54, 1.807) is 11.8 Å². The second-order valence-electron chi connectivity index (χ2n) is 12.8. The van der Waals surface area contributed by atoms with Gasteiger partial charge in [0.05, 0.1) is 0 Å². The largest absolute Gasteiger partial charge is 0.208 e. The molecule has 0 aliphatic heterocycles. The first kappa shape index (κ1) is 33.7. The highest BCUT2D eigenvalue weighted by Crippen LogP contribution is 2.34. The summed E-state index contributed by atoms with van der Waals surface area (Å²) >= 11 is 1.68. The van der Waals surface area contributed by atoms with Crippen LogP contribution in [0.3, 0.4) is 0 Å². The van der Waals surface area contributed by atoms with Gasteiger partial charge in [-0.1, -0.05) is 176 Å². The lowest BCUT2D eigenvalue weighted by Crippen LogP contribution is -2.00. The first-order valence-corrected chi connectivity index (χ1v) is 18.8. The fourth-order valence-corrected chi connectivity index (χ4v) is 7.14. The number of benzene rings is 7. The van der Waals surface area contributed by atoms with Crippen LogP contribution in [0.25, 0.3) is 79.5 Å². The molecule has 0 spiro atoms. The zero-order valence-electron chi connectivity index (χ0n) is 29.6. The second-order valence-corrected chi connectivity index (χ2v) is 14.0. The van der Waals surface area contributed by atoms with Crippen LogP contribution in [0.1, 0.15) is 0 Å². The van der Waals surface area contributed by atoms with E-state index in [9.17, 15) is 0 Å². The highest BCUT2D eigenvalue weighted by atomic mass is 32.2. The smallest absolute Gasteiger partial charge is 0.164 e. The van der Waals surface area contributed by atoms with Crippen molar-refractivity contribution in [3.8, 4) is 79.5 Å². The Labute approximate surface area is 323 Å². The Morgan fingerprint density at radius 2 is 0.545 bits per heavy atom. The molecule has 0 radical (unpaired) electrons. The SMILES string of the molecule is c1ccc(-c2cccc(-c3nc(-c4ccccc4)nc(-c4ccc(Sc5cccc(-c6nc(-c7ccccc7)nc(-c7ccccc7)n6)c5)cc4)n3)c2)cc1. The summed E-state index contributed by atoms with van der Waals surface area (Å²) in [6.07, 6.45) is 0. The van der Waals surface area contributed by atoms with Gasteiger partial charge in [-0.15, -0.1) is 0 Å². The van der Waals surface area contributed by atoms with Crippen LogP contribution >= 0.6 is 11.8 Å². The first-order chi connectivity index (χ1) is 27.2. The lowest BCUT2D eigenvalue weighted by atomic mass is 10.0. The molecule has 2 aromatic heterocycles. The summed E-state index contributed by atoms with van der Waals surface area (Å²) in [6, 6.07) is 65.5. The van der Waals surface area contributed by atoms with Crippen molar-refractivity contribution in [3.05, 3.63) is 194 Å². The Kier molecular flexibility index (Phi) is 9.49. The minimum absolute atomic E-state index is 0.616. The van der Waals surface area contributed by atoms with Crippen LogP contribution in [-0.4, -0.2) is 29.9 Å². The maximum absolute atomic E-state index is 5.00. The molecule has 7 heteroatoms. The number of rotatable bonds is 9. The zero-order chi connectivity index (χ0) is 36.8. The Morgan fingerprint density at radius 3 is 1.00 bits per heavy atom. The molecule has 0 N–H and O–H groups in total. The van der Waals surface area contributed by atoms with Crippen molar-refractivity contribution in [3.63, 3.8) is 0 Å². The lowest BCUT2D eigenvalue weighted by Gasteiger charge is -2.10. The summed E-state index contributed by atoms with van der Waals surface area (Å²) in [7, 11) is 0. The minimum atomic E-state index is 0.616. The molecule has 0 aliphatic rings. The molecule has 2 heterocycles. The molecule has 0 atom stereocenters. The normalized spacial score (nSPS) is 11.0. The Bertz CT molecular complexity index is 2650. The molecule has 7 aromatic carbocycles. The molecule has 9 aromatic rings. The van der Waals surface area contributed by atoms with Crippen LogP contribution in [0.4, 0.5) is 0 Å². The van der Waals surface area contributed by atoms with E-state index in [0.717, 1.165) is 54.3 Å². The molecule has 9 rings (SSSR count). The third-order valence-electron chi connectivity index (χ3n) is 9.04. The van der Waals surface area contributed by atoms with E-state index < -0.39 is 0 Å². The van der Waals surface area contributed by atoms with Crippen molar-refractivity contribution in [1.29, 1.82) is 0 Å². The number of hydrogen-bond acceptors (Lipinski definition) is 7. The van der Waals surface area contributed by atoms with Gasteiger partial charge in [0.2, 0.25) is 0 Å². The molecule has 0 bridgehead atoms. The van der Waals surface area contributed by atoms with Gasteiger partial charge in [-0.2, -0.15) is 0 Å². The summed E-state index contributed by atoms with van der Waals surface area (Å²) in [6.45, 7) is 0. The van der Waals surface area contributed by atoms with Gasteiger partial charge in [0.1, 0.15) is 0 Å². The fraction of sp³-hybridized carbons (Fsp3) is 0. The van der Waals surface area contributed by atoms with E-state index in [4.69, 9.17) is 29.9 Å². The minimum Gasteiger partial charge on any atom is -0.208 e. The average molecular weight is 725 g/mol. The van der Waals surface area contributed by atoms with Crippen molar-refractivity contribution in [2.24, 2.45) is 0 Å². The molecular weight excluding hydrogens is 693 g/mol. The molecule has 0 aliphatic carbocycles. The fourth-order valence-electron chi connectivity index (χ4n) is 6.26. The molecule has 0 saturated carbocycles. The quantitative estimate of drug-likeness (QED) is 0.147. The molecule has 6 nitrogen and oxygen atoms in total. The van der Waals surface area contributed by atoms with Gasteiger partial charge in [0, 0.05) is 43.2 Å². The summed E-state index contributed by atoms with van der Waals surface area (Å²) in [5.74, 6) is 3.77. The van der Waals surface area contributed by atoms with Gasteiger partial charge in [-0.05, 0) is 41.5 Å². The predicted octanol–water partition coefficient (Wildman–Crippen LogP) is 11.9. The average Bonchev–Trinajstić information content (AvgIpc) is 3.28. The monoisotopic (exact) mass is 724 g/mol. The van der Waals surface area contributed by atoms with Crippen molar-refractivity contribution in [2.75, 3.05) is 0 Å². The number of nitrogens with zero attached hydrogens (tertiary/aromatic N) is 6. The van der Waals surface area contributed by atoms with Crippen LogP contribution in [0.15, 0.2) is 204 Å². The Balaban J connectivity index is 1.02. The third kappa shape index (κ3) is 7.69. The van der Waals surface area contributed by atoms with Crippen LogP contribution in [0.5, 0.6) is 0 Å². The zero-order valence-corrected chi connectivity index (χ0v) is 30.4. The maximum atomic E-state index is 5.00. The first-order valence-electron chi connectivity index (χ1n) is 17.9. The van der Waals surface area contributed by atoms with Crippen molar-refractivity contribution >= 4 is 11.8 Å². The van der Waals surface area contributed by atoms with Gasteiger partial charge < -0.3 is 0 Å². The van der Waals surface area contributed by atoms with Crippen molar-refractivity contribution in [2.45, 2.75) is 9.79 Å². The lowest BCUT2D eigenvalue weighted by molar-refractivity contribution is 1.07. The molecule has 0 saturated heterocycles. The molecule has 0 unspecified atom stereocenters.